The van der Waals surface area contributed by atoms with Crippen molar-refractivity contribution >= 4 is 6.09 Å². The standard InChI is InChI=1S/C18H23NO4/c1-21-16-7-6-12(10-17(16)23-13-4-2-3-5-13)14-8-9-19-15(14)11-22-18(19)20/h6-7,10,13-15H,2-5,8-9,11H2,1H3/t14-,15-/m1/s1. The van der Waals surface area contributed by atoms with Crippen molar-refractivity contribution in [3.8, 4) is 11.5 Å². The molecule has 5 nitrogen and oxygen atoms in total. The fourth-order valence-electron chi connectivity index (χ4n) is 4.12. The molecule has 2 heterocycles. The summed E-state index contributed by atoms with van der Waals surface area (Å²) in [5.74, 6) is 1.94. The highest BCUT2D eigenvalue weighted by Gasteiger charge is 2.44. The summed E-state index contributed by atoms with van der Waals surface area (Å²) in [6, 6.07) is 6.35. The van der Waals surface area contributed by atoms with Gasteiger partial charge in [-0.2, -0.15) is 0 Å². The van der Waals surface area contributed by atoms with Crippen LogP contribution in [0.4, 0.5) is 4.79 Å². The number of cyclic esters (lactones) is 1. The number of hydrogen-bond acceptors (Lipinski definition) is 4. The molecule has 0 bridgehead atoms. The predicted molar refractivity (Wildman–Crippen MR) is 85.1 cm³/mol. The van der Waals surface area contributed by atoms with Gasteiger partial charge in [0.25, 0.3) is 0 Å². The number of methoxy groups -OCH3 is 1. The van der Waals surface area contributed by atoms with E-state index < -0.39 is 0 Å². The van der Waals surface area contributed by atoms with E-state index in [-0.39, 0.29) is 12.1 Å². The van der Waals surface area contributed by atoms with Gasteiger partial charge in [0.2, 0.25) is 0 Å². The zero-order chi connectivity index (χ0) is 15.8. The predicted octanol–water partition coefficient (Wildman–Crippen LogP) is 3.32. The van der Waals surface area contributed by atoms with Crippen LogP contribution in [0.15, 0.2) is 18.2 Å². The molecule has 2 aliphatic heterocycles. The molecule has 5 heteroatoms. The number of benzene rings is 1. The molecule has 3 aliphatic rings. The third-order valence-electron chi connectivity index (χ3n) is 5.37. The van der Waals surface area contributed by atoms with Gasteiger partial charge in [-0.1, -0.05) is 6.07 Å². The molecule has 2 atom stereocenters. The minimum absolute atomic E-state index is 0.162. The SMILES string of the molecule is COc1ccc([C@H]2CCN3C(=O)OC[C@H]23)cc1OC1CCCC1. The van der Waals surface area contributed by atoms with Crippen molar-refractivity contribution in [2.75, 3.05) is 20.3 Å². The Kier molecular flexibility index (Phi) is 3.79. The van der Waals surface area contributed by atoms with Crippen molar-refractivity contribution in [2.24, 2.45) is 0 Å². The summed E-state index contributed by atoms with van der Waals surface area (Å²) in [5, 5.41) is 0. The summed E-state index contributed by atoms with van der Waals surface area (Å²) in [7, 11) is 1.68. The van der Waals surface area contributed by atoms with Gasteiger partial charge in [0.15, 0.2) is 11.5 Å². The van der Waals surface area contributed by atoms with Crippen LogP contribution in [0.2, 0.25) is 0 Å². The topological polar surface area (TPSA) is 48.0 Å². The largest absolute Gasteiger partial charge is 0.493 e. The van der Waals surface area contributed by atoms with E-state index in [0.29, 0.717) is 18.6 Å². The lowest BCUT2D eigenvalue weighted by Gasteiger charge is -2.21. The quantitative estimate of drug-likeness (QED) is 0.854. The minimum Gasteiger partial charge on any atom is -0.493 e. The van der Waals surface area contributed by atoms with E-state index in [4.69, 9.17) is 14.2 Å². The van der Waals surface area contributed by atoms with Gasteiger partial charge in [-0.25, -0.2) is 4.79 Å². The Balaban J connectivity index is 1.58. The number of fused-ring (bicyclic) bond motifs is 1. The summed E-state index contributed by atoms with van der Waals surface area (Å²) >= 11 is 0. The van der Waals surface area contributed by atoms with Crippen LogP contribution in [0, 0.1) is 0 Å². The molecule has 1 aliphatic carbocycles. The maximum absolute atomic E-state index is 11.7. The number of carbonyl (C=O) groups is 1. The first-order valence-electron chi connectivity index (χ1n) is 8.54. The highest BCUT2D eigenvalue weighted by molar-refractivity contribution is 5.71. The summed E-state index contributed by atoms with van der Waals surface area (Å²) < 4.78 is 16.8. The second kappa shape index (κ2) is 5.95. The molecule has 0 N–H and O–H groups in total. The van der Waals surface area contributed by atoms with E-state index in [0.717, 1.165) is 37.3 Å². The lowest BCUT2D eigenvalue weighted by atomic mass is 9.92. The fourth-order valence-corrected chi connectivity index (χ4v) is 4.12. The second-order valence-corrected chi connectivity index (χ2v) is 6.67. The van der Waals surface area contributed by atoms with Crippen LogP contribution < -0.4 is 9.47 Å². The molecule has 0 unspecified atom stereocenters. The fraction of sp³-hybridized carbons (Fsp3) is 0.611. The van der Waals surface area contributed by atoms with Crippen molar-refractivity contribution in [3.05, 3.63) is 23.8 Å². The number of carbonyl (C=O) groups excluding carboxylic acids is 1. The monoisotopic (exact) mass is 317 g/mol. The van der Waals surface area contributed by atoms with E-state index in [1.807, 2.05) is 11.0 Å². The Bertz CT molecular complexity index is 597. The molecule has 1 aromatic carbocycles. The summed E-state index contributed by atoms with van der Waals surface area (Å²) in [6.07, 6.45) is 5.83. The minimum atomic E-state index is -0.173. The van der Waals surface area contributed by atoms with Gasteiger partial charge in [0.05, 0.1) is 19.3 Å². The van der Waals surface area contributed by atoms with Gasteiger partial charge >= 0.3 is 6.09 Å². The van der Waals surface area contributed by atoms with Crippen LogP contribution in [0.3, 0.4) is 0 Å². The lowest BCUT2D eigenvalue weighted by molar-refractivity contribution is 0.159. The van der Waals surface area contributed by atoms with Crippen molar-refractivity contribution in [3.63, 3.8) is 0 Å². The van der Waals surface area contributed by atoms with Gasteiger partial charge in [-0.15, -0.1) is 0 Å². The number of amides is 1. The van der Waals surface area contributed by atoms with Crippen LogP contribution >= 0.6 is 0 Å². The molecule has 1 amide bonds. The van der Waals surface area contributed by atoms with Gasteiger partial charge in [0, 0.05) is 12.5 Å². The smallest absolute Gasteiger partial charge is 0.410 e. The molecule has 0 spiro atoms. The molecule has 3 fully saturated rings. The van der Waals surface area contributed by atoms with E-state index in [1.54, 1.807) is 7.11 Å². The molecule has 2 saturated heterocycles. The first-order chi connectivity index (χ1) is 11.3. The first-order valence-corrected chi connectivity index (χ1v) is 8.54. The van der Waals surface area contributed by atoms with Crippen LogP contribution in [-0.2, 0) is 4.74 Å². The van der Waals surface area contributed by atoms with E-state index in [2.05, 4.69) is 12.1 Å². The van der Waals surface area contributed by atoms with E-state index >= 15 is 0 Å². The van der Waals surface area contributed by atoms with Gasteiger partial charge < -0.3 is 19.1 Å². The van der Waals surface area contributed by atoms with Crippen molar-refractivity contribution in [1.82, 2.24) is 4.90 Å². The third kappa shape index (κ3) is 2.62. The Morgan fingerprint density at radius 1 is 1.17 bits per heavy atom. The summed E-state index contributed by atoms with van der Waals surface area (Å²) in [6.45, 7) is 1.27. The Morgan fingerprint density at radius 2 is 2.00 bits per heavy atom. The zero-order valence-corrected chi connectivity index (χ0v) is 13.5. The maximum Gasteiger partial charge on any atom is 0.410 e. The average Bonchev–Trinajstić information content (AvgIpc) is 3.27. The molecule has 124 valence electrons. The third-order valence-corrected chi connectivity index (χ3v) is 5.37. The molecular weight excluding hydrogens is 294 g/mol. The highest BCUT2D eigenvalue weighted by Crippen LogP contribution is 2.40. The molecular formula is C18H23NO4. The second-order valence-electron chi connectivity index (χ2n) is 6.67. The van der Waals surface area contributed by atoms with Crippen molar-refractivity contribution in [2.45, 2.75) is 50.2 Å². The molecule has 0 radical (unpaired) electrons. The number of nitrogens with zero attached hydrogens (tertiary/aromatic N) is 1. The molecule has 4 rings (SSSR count). The molecule has 1 aromatic rings. The average molecular weight is 317 g/mol. The molecule has 1 saturated carbocycles. The number of ether oxygens (including phenoxy) is 3. The Labute approximate surface area is 136 Å². The van der Waals surface area contributed by atoms with Crippen LogP contribution in [0.5, 0.6) is 11.5 Å². The zero-order valence-electron chi connectivity index (χ0n) is 13.5. The maximum atomic E-state index is 11.7. The van der Waals surface area contributed by atoms with Crippen molar-refractivity contribution < 1.29 is 19.0 Å². The normalized spacial score (nSPS) is 27.2. The first kappa shape index (κ1) is 14.7. The van der Waals surface area contributed by atoms with Crippen LogP contribution in [0.25, 0.3) is 0 Å². The molecule has 0 aromatic heterocycles. The number of rotatable bonds is 4. The van der Waals surface area contributed by atoms with E-state index in [1.165, 1.54) is 18.4 Å². The van der Waals surface area contributed by atoms with Gasteiger partial charge in [-0.3, -0.25) is 0 Å². The lowest BCUT2D eigenvalue weighted by Crippen LogP contribution is -2.29. The summed E-state index contributed by atoms with van der Waals surface area (Å²) in [5.41, 5.74) is 1.21. The van der Waals surface area contributed by atoms with Gasteiger partial charge in [0.1, 0.15) is 6.61 Å². The number of hydrogen-bond donors (Lipinski definition) is 0. The Hall–Kier alpha value is -1.91. The Morgan fingerprint density at radius 3 is 2.78 bits per heavy atom. The van der Waals surface area contributed by atoms with Crippen LogP contribution in [-0.4, -0.2) is 43.4 Å². The highest BCUT2D eigenvalue weighted by atomic mass is 16.6. The van der Waals surface area contributed by atoms with Crippen LogP contribution in [0.1, 0.15) is 43.6 Å². The molecule has 23 heavy (non-hydrogen) atoms. The van der Waals surface area contributed by atoms with E-state index in [9.17, 15) is 4.79 Å². The van der Waals surface area contributed by atoms with Gasteiger partial charge in [-0.05, 0) is 49.8 Å². The summed E-state index contributed by atoms with van der Waals surface area (Å²) in [4.78, 5) is 13.5. The van der Waals surface area contributed by atoms with Crippen molar-refractivity contribution in [1.29, 1.82) is 0 Å².